The van der Waals surface area contributed by atoms with E-state index >= 15 is 0 Å². The fourth-order valence-corrected chi connectivity index (χ4v) is 2.02. The molecule has 0 saturated carbocycles. The van der Waals surface area contributed by atoms with Crippen LogP contribution in [-0.4, -0.2) is 21.6 Å². The van der Waals surface area contributed by atoms with Crippen LogP contribution < -0.4 is 10.5 Å². The highest BCUT2D eigenvalue weighted by Gasteiger charge is 2.03. The highest BCUT2D eigenvalue weighted by molar-refractivity contribution is 6.32. The Morgan fingerprint density at radius 3 is 2.95 bits per heavy atom. The van der Waals surface area contributed by atoms with Gasteiger partial charge in [0.2, 0.25) is 0 Å². The zero-order valence-corrected chi connectivity index (χ0v) is 11.7. The summed E-state index contributed by atoms with van der Waals surface area (Å²) in [6, 6.07) is 9.07. The lowest BCUT2D eigenvalue weighted by Gasteiger charge is -2.02. The summed E-state index contributed by atoms with van der Waals surface area (Å²) in [6.45, 7) is 0.236. The van der Waals surface area contributed by atoms with E-state index in [1.54, 1.807) is 12.1 Å². The van der Waals surface area contributed by atoms with Gasteiger partial charge in [-0.15, -0.1) is 0 Å². The topological polar surface area (TPSA) is 76.8 Å². The lowest BCUT2D eigenvalue weighted by molar-refractivity contribution is 0.370. The monoisotopic (exact) mass is 298 g/mol. The van der Waals surface area contributed by atoms with E-state index < -0.39 is 0 Å². The van der Waals surface area contributed by atoms with Crippen LogP contribution in [0, 0.1) is 11.8 Å². The van der Waals surface area contributed by atoms with E-state index in [1.807, 2.05) is 18.2 Å². The first-order valence-electron chi connectivity index (χ1n) is 6.19. The maximum atomic E-state index is 5.98. The smallest absolute Gasteiger partial charge is 0.149 e. The van der Waals surface area contributed by atoms with Crippen molar-refractivity contribution in [2.75, 3.05) is 12.3 Å². The molecule has 1 aromatic carbocycles. The van der Waals surface area contributed by atoms with Crippen LogP contribution in [0.5, 0.6) is 5.75 Å². The number of nitrogen functional groups attached to an aromatic ring is 1. The molecule has 0 aliphatic carbocycles. The van der Waals surface area contributed by atoms with Gasteiger partial charge in [-0.1, -0.05) is 29.7 Å². The van der Waals surface area contributed by atoms with Crippen LogP contribution in [0.1, 0.15) is 5.69 Å². The van der Waals surface area contributed by atoms with Crippen LogP contribution in [0.2, 0.25) is 5.02 Å². The predicted molar refractivity (Wildman–Crippen MR) is 82.1 cm³/mol. The van der Waals surface area contributed by atoms with Gasteiger partial charge in [-0.3, -0.25) is 0 Å². The molecule has 0 spiro atoms. The highest BCUT2D eigenvalue weighted by atomic mass is 35.5. The Kier molecular flexibility index (Phi) is 3.63. The number of ether oxygens (including phenoxy) is 1. The number of fused-ring (bicyclic) bond motifs is 1. The maximum absolute atomic E-state index is 5.98. The third-order valence-electron chi connectivity index (χ3n) is 2.82. The number of para-hydroxylation sites is 1. The van der Waals surface area contributed by atoms with Crippen LogP contribution >= 0.6 is 11.6 Å². The second kappa shape index (κ2) is 5.73. The molecule has 0 aliphatic heterocycles. The molecule has 3 aromatic rings. The Bertz CT molecular complexity index is 847. The van der Waals surface area contributed by atoms with Gasteiger partial charge in [0, 0.05) is 0 Å². The fourth-order valence-electron chi connectivity index (χ4n) is 1.83. The van der Waals surface area contributed by atoms with Crippen LogP contribution in [0.3, 0.4) is 0 Å². The summed E-state index contributed by atoms with van der Waals surface area (Å²) >= 11 is 5.98. The number of nitrogens with two attached hydrogens (primary N) is 1. The first-order chi connectivity index (χ1) is 10.2. The molecular formula is C15H11ClN4O. The zero-order chi connectivity index (χ0) is 14.7. The average molecular weight is 299 g/mol. The van der Waals surface area contributed by atoms with Gasteiger partial charge in [-0.2, -0.15) is 0 Å². The molecule has 6 heteroatoms. The summed E-state index contributed by atoms with van der Waals surface area (Å²) < 4.78 is 5.48. The third-order valence-corrected chi connectivity index (χ3v) is 3.13. The molecule has 21 heavy (non-hydrogen) atoms. The minimum Gasteiger partial charge on any atom is -0.479 e. The van der Waals surface area contributed by atoms with Crippen LogP contribution in [0.4, 0.5) is 5.82 Å². The van der Waals surface area contributed by atoms with E-state index in [2.05, 4.69) is 26.8 Å². The molecule has 0 fully saturated rings. The van der Waals surface area contributed by atoms with Gasteiger partial charge in [-0.05, 0) is 24.1 Å². The van der Waals surface area contributed by atoms with Gasteiger partial charge in [0.1, 0.15) is 30.1 Å². The van der Waals surface area contributed by atoms with E-state index in [9.17, 15) is 0 Å². The molecule has 0 aliphatic rings. The number of halogens is 1. The Balaban J connectivity index is 1.72. The second-order valence-electron chi connectivity index (χ2n) is 4.23. The quantitative estimate of drug-likeness (QED) is 0.713. The van der Waals surface area contributed by atoms with Crippen molar-refractivity contribution in [3.8, 4) is 17.6 Å². The normalized spacial score (nSPS) is 10.1. The molecule has 5 nitrogen and oxygen atoms in total. The predicted octanol–water partition coefficient (Wildman–Crippen LogP) is 2.62. The molecule has 0 amide bonds. The number of rotatable bonds is 2. The van der Waals surface area contributed by atoms with Gasteiger partial charge >= 0.3 is 0 Å². The fraction of sp³-hybridized carbons (Fsp3) is 0.0667. The van der Waals surface area contributed by atoms with Crippen molar-refractivity contribution >= 4 is 28.5 Å². The van der Waals surface area contributed by atoms with Gasteiger partial charge in [0.15, 0.2) is 0 Å². The lowest BCUT2D eigenvalue weighted by atomic mass is 10.3. The van der Waals surface area contributed by atoms with Crippen molar-refractivity contribution in [1.82, 2.24) is 15.0 Å². The summed E-state index contributed by atoms with van der Waals surface area (Å²) in [7, 11) is 0. The average Bonchev–Trinajstić information content (AvgIpc) is 2.90. The number of nitrogens with one attached hydrogen (secondary N) is 1. The van der Waals surface area contributed by atoms with Gasteiger partial charge in [0.05, 0.1) is 16.1 Å². The van der Waals surface area contributed by atoms with Crippen LogP contribution in [0.25, 0.3) is 11.0 Å². The Labute approximate surface area is 126 Å². The summed E-state index contributed by atoms with van der Waals surface area (Å²) in [5.74, 6) is 6.90. The van der Waals surface area contributed by atoms with Gasteiger partial charge < -0.3 is 15.5 Å². The number of anilines is 1. The number of aromatic nitrogens is 3. The first-order valence-corrected chi connectivity index (χ1v) is 6.57. The van der Waals surface area contributed by atoms with Crippen molar-refractivity contribution < 1.29 is 4.74 Å². The van der Waals surface area contributed by atoms with Gasteiger partial charge in [-0.25, -0.2) is 9.97 Å². The summed E-state index contributed by atoms with van der Waals surface area (Å²) in [5, 5.41) is 1.32. The molecular weight excluding hydrogens is 288 g/mol. The molecule has 0 saturated heterocycles. The standard InChI is InChI=1S/C15H11ClN4O/c16-12-5-1-2-6-13(12)21-7-3-4-10-8-11-14(17)18-9-19-15(11)20-10/h1-2,5-6,8-9H,7H2,(H3,17,18,19,20). The number of hydrogen-bond acceptors (Lipinski definition) is 4. The number of hydrogen-bond donors (Lipinski definition) is 2. The Morgan fingerprint density at radius 2 is 2.14 bits per heavy atom. The molecule has 0 atom stereocenters. The largest absolute Gasteiger partial charge is 0.479 e. The Hall–Kier alpha value is -2.71. The van der Waals surface area contributed by atoms with E-state index in [-0.39, 0.29) is 6.61 Å². The van der Waals surface area contributed by atoms with Crippen LogP contribution in [-0.2, 0) is 0 Å². The number of aromatic amines is 1. The minimum absolute atomic E-state index is 0.236. The van der Waals surface area contributed by atoms with E-state index in [4.69, 9.17) is 22.1 Å². The zero-order valence-electron chi connectivity index (χ0n) is 10.9. The molecule has 2 heterocycles. The van der Waals surface area contributed by atoms with Gasteiger partial charge in [0.25, 0.3) is 0 Å². The van der Waals surface area contributed by atoms with Crippen LogP contribution in [0.15, 0.2) is 36.7 Å². The highest BCUT2D eigenvalue weighted by Crippen LogP contribution is 2.22. The molecule has 3 rings (SSSR count). The van der Waals surface area contributed by atoms with Crippen molar-refractivity contribution in [2.24, 2.45) is 0 Å². The number of nitrogens with zero attached hydrogens (tertiary/aromatic N) is 2. The summed E-state index contributed by atoms with van der Waals surface area (Å²) in [5.41, 5.74) is 7.13. The third kappa shape index (κ3) is 2.91. The minimum atomic E-state index is 0.236. The molecule has 0 bridgehead atoms. The summed E-state index contributed by atoms with van der Waals surface area (Å²) in [6.07, 6.45) is 1.41. The first kappa shape index (κ1) is 13.3. The maximum Gasteiger partial charge on any atom is 0.149 e. The summed E-state index contributed by atoms with van der Waals surface area (Å²) in [4.78, 5) is 11.1. The van der Waals surface area contributed by atoms with Crippen molar-refractivity contribution in [3.63, 3.8) is 0 Å². The van der Waals surface area contributed by atoms with Crippen molar-refractivity contribution in [1.29, 1.82) is 0 Å². The molecule has 3 N–H and O–H groups in total. The number of benzene rings is 1. The Morgan fingerprint density at radius 1 is 1.29 bits per heavy atom. The van der Waals surface area contributed by atoms with Crippen molar-refractivity contribution in [3.05, 3.63) is 47.4 Å². The molecule has 104 valence electrons. The number of H-pyrrole nitrogens is 1. The van der Waals surface area contributed by atoms with E-state index in [0.717, 1.165) is 5.39 Å². The lowest BCUT2D eigenvalue weighted by Crippen LogP contribution is -1.94. The van der Waals surface area contributed by atoms with E-state index in [0.29, 0.717) is 27.9 Å². The second-order valence-corrected chi connectivity index (χ2v) is 4.63. The van der Waals surface area contributed by atoms with Crippen molar-refractivity contribution in [2.45, 2.75) is 0 Å². The SMILES string of the molecule is Nc1ncnc2[nH]c(C#CCOc3ccccc3Cl)cc12. The van der Waals surface area contributed by atoms with E-state index in [1.165, 1.54) is 6.33 Å². The molecule has 0 unspecified atom stereocenters. The molecule has 0 radical (unpaired) electrons. The molecule has 2 aromatic heterocycles.